The summed E-state index contributed by atoms with van der Waals surface area (Å²) in [6.45, 7) is 5.51. The Morgan fingerprint density at radius 2 is 2.10 bits per heavy atom. The van der Waals surface area contributed by atoms with E-state index in [0.717, 1.165) is 18.7 Å². The van der Waals surface area contributed by atoms with E-state index >= 15 is 0 Å². The molecule has 0 saturated carbocycles. The zero-order valence-corrected chi connectivity index (χ0v) is 12.9. The van der Waals surface area contributed by atoms with Gasteiger partial charge in [-0.25, -0.2) is 0 Å². The molecule has 3 atom stereocenters. The molecule has 0 unspecified atom stereocenters. The van der Waals surface area contributed by atoms with Crippen LogP contribution < -0.4 is 4.74 Å². The lowest BCUT2D eigenvalue weighted by Crippen LogP contribution is -2.51. The van der Waals surface area contributed by atoms with Gasteiger partial charge in [-0.05, 0) is 32.4 Å². The van der Waals surface area contributed by atoms with Gasteiger partial charge in [-0.2, -0.15) is 5.26 Å². The summed E-state index contributed by atoms with van der Waals surface area (Å²) in [5, 5.41) is 9.37. The minimum atomic E-state index is -0.104. The van der Waals surface area contributed by atoms with E-state index in [1.54, 1.807) is 7.11 Å². The van der Waals surface area contributed by atoms with Gasteiger partial charge in [-0.3, -0.25) is 0 Å². The van der Waals surface area contributed by atoms with Gasteiger partial charge in [0.1, 0.15) is 5.75 Å². The molecule has 2 rings (SSSR count). The van der Waals surface area contributed by atoms with Gasteiger partial charge in [0.25, 0.3) is 0 Å². The number of likely N-dealkylation sites (tertiary alicyclic amines) is 1. The molecule has 3 heteroatoms. The third kappa shape index (κ3) is 2.41. The van der Waals surface area contributed by atoms with Crippen molar-refractivity contribution in [3.63, 3.8) is 0 Å². The smallest absolute Gasteiger partial charge is 0.122 e. The Kier molecular flexibility index (Phi) is 4.35. The van der Waals surface area contributed by atoms with Crippen molar-refractivity contribution in [1.82, 2.24) is 4.90 Å². The molecular formula is C17H24N2O. The molecule has 0 spiro atoms. The molecular weight excluding hydrogens is 248 g/mol. The topological polar surface area (TPSA) is 36.3 Å². The first-order chi connectivity index (χ1) is 9.55. The van der Waals surface area contributed by atoms with Gasteiger partial charge < -0.3 is 9.64 Å². The molecule has 1 aliphatic heterocycles. The summed E-state index contributed by atoms with van der Waals surface area (Å²) in [5.41, 5.74) is 1.09. The van der Waals surface area contributed by atoms with Crippen LogP contribution >= 0.6 is 0 Å². The van der Waals surface area contributed by atoms with Gasteiger partial charge in [0, 0.05) is 30.0 Å². The maximum Gasteiger partial charge on any atom is 0.122 e. The standard InChI is InChI=1S/C17H24N2O/c1-13-12-19(3)14(2)11-17(13,9-10-18)15-7-5-6-8-16(15)20-4/h5-8,13-14H,9,11-12H2,1-4H3/t13-,14-,17-/m0/s1. The SMILES string of the molecule is COc1ccccc1[C@@]1(CC#N)C[C@H](C)N(C)C[C@@H]1C. The summed E-state index contributed by atoms with van der Waals surface area (Å²) in [7, 11) is 3.88. The Labute approximate surface area is 122 Å². The molecule has 0 N–H and O–H groups in total. The molecule has 0 aliphatic carbocycles. The fourth-order valence-electron chi connectivity index (χ4n) is 3.58. The van der Waals surface area contributed by atoms with E-state index in [4.69, 9.17) is 4.74 Å². The molecule has 0 radical (unpaired) electrons. The lowest BCUT2D eigenvalue weighted by atomic mass is 9.63. The second-order valence-electron chi connectivity index (χ2n) is 6.09. The van der Waals surface area contributed by atoms with Crippen molar-refractivity contribution < 1.29 is 4.74 Å². The summed E-state index contributed by atoms with van der Waals surface area (Å²) in [4.78, 5) is 2.38. The second-order valence-corrected chi connectivity index (χ2v) is 6.09. The van der Waals surface area contributed by atoms with E-state index in [0.29, 0.717) is 18.4 Å². The quantitative estimate of drug-likeness (QED) is 0.847. The van der Waals surface area contributed by atoms with Gasteiger partial charge in [-0.15, -0.1) is 0 Å². The molecule has 3 nitrogen and oxygen atoms in total. The van der Waals surface area contributed by atoms with Crippen molar-refractivity contribution in [3.8, 4) is 11.8 Å². The highest BCUT2D eigenvalue weighted by Gasteiger charge is 2.45. The van der Waals surface area contributed by atoms with Crippen molar-refractivity contribution in [2.24, 2.45) is 5.92 Å². The number of hydrogen-bond acceptors (Lipinski definition) is 3. The second kappa shape index (κ2) is 5.85. The van der Waals surface area contributed by atoms with Crippen molar-refractivity contribution in [2.75, 3.05) is 20.7 Å². The number of hydrogen-bond donors (Lipinski definition) is 0. The number of benzene rings is 1. The maximum absolute atomic E-state index is 9.37. The third-order valence-electron chi connectivity index (χ3n) is 4.96. The molecule has 0 bridgehead atoms. The number of nitrogens with zero attached hydrogens (tertiary/aromatic N) is 2. The summed E-state index contributed by atoms with van der Waals surface area (Å²) in [6.07, 6.45) is 1.55. The molecule has 0 amide bonds. The van der Waals surface area contributed by atoms with Crippen molar-refractivity contribution in [3.05, 3.63) is 29.8 Å². The van der Waals surface area contributed by atoms with E-state index in [1.165, 1.54) is 5.56 Å². The number of para-hydroxylation sites is 1. The Bertz CT molecular complexity index is 508. The molecule has 20 heavy (non-hydrogen) atoms. The highest BCUT2D eigenvalue weighted by atomic mass is 16.5. The maximum atomic E-state index is 9.37. The van der Waals surface area contributed by atoms with Crippen molar-refractivity contribution >= 4 is 0 Å². The van der Waals surface area contributed by atoms with Crippen LogP contribution in [0, 0.1) is 17.2 Å². The van der Waals surface area contributed by atoms with Gasteiger partial charge >= 0.3 is 0 Å². The average molecular weight is 272 g/mol. The fourth-order valence-corrected chi connectivity index (χ4v) is 3.58. The van der Waals surface area contributed by atoms with Gasteiger partial charge in [-0.1, -0.05) is 25.1 Å². The van der Waals surface area contributed by atoms with Crippen LogP contribution in [0.2, 0.25) is 0 Å². The molecule has 108 valence electrons. The zero-order valence-electron chi connectivity index (χ0n) is 12.9. The highest BCUT2D eigenvalue weighted by molar-refractivity contribution is 5.41. The monoisotopic (exact) mass is 272 g/mol. The summed E-state index contributed by atoms with van der Waals surface area (Å²) >= 11 is 0. The predicted molar refractivity (Wildman–Crippen MR) is 80.8 cm³/mol. The van der Waals surface area contributed by atoms with Gasteiger partial charge in [0.05, 0.1) is 13.2 Å². The molecule has 0 aromatic heterocycles. The Hall–Kier alpha value is -1.53. The normalized spacial score (nSPS) is 30.8. The van der Waals surface area contributed by atoms with Crippen LogP contribution in [0.5, 0.6) is 5.75 Å². The molecule has 1 heterocycles. The van der Waals surface area contributed by atoms with Crippen LogP contribution in [0.4, 0.5) is 0 Å². The number of rotatable bonds is 3. The molecule has 1 fully saturated rings. The lowest BCUT2D eigenvalue weighted by molar-refractivity contribution is 0.0754. The Balaban J connectivity index is 2.52. The Morgan fingerprint density at radius 3 is 2.75 bits per heavy atom. The summed E-state index contributed by atoms with van der Waals surface area (Å²) in [6, 6.07) is 11.1. The number of methoxy groups -OCH3 is 1. The first kappa shape index (κ1) is 14.9. The van der Waals surface area contributed by atoms with E-state index in [2.05, 4.69) is 37.9 Å². The number of ether oxygens (including phenoxy) is 1. The van der Waals surface area contributed by atoms with Crippen molar-refractivity contribution in [2.45, 2.75) is 38.1 Å². The van der Waals surface area contributed by atoms with Gasteiger partial charge in [0.15, 0.2) is 0 Å². The summed E-state index contributed by atoms with van der Waals surface area (Å²) in [5.74, 6) is 1.34. The van der Waals surface area contributed by atoms with Crippen LogP contribution in [-0.2, 0) is 5.41 Å². The largest absolute Gasteiger partial charge is 0.496 e. The third-order valence-corrected chi connectivity index (χ3v) is 4.96. The zero-order chi connectivity index (χ0) is 14.8. The minimum absolute atomic E-state index is 0.104. The van der Waals surface area contributed by atoms with E-state index in [1.807, 2.05) is 18.2 Å². The molecule has 1 aliphatic rings. The lowest BCUT2D eigenvalue weighted by Gasteiger charge is -2.48. The number of nitriles is 1. The number of piperidine rings is 1. The van der Waals surface area contributed by atoms with Crippen LogP contribution in [0.15, 0.2) is 24.3 Å². The van der Waals surface area contributed by atoms with Crippen LogP contribution in [0.1, 0.15) is 32.3 Å². The van der Waals surface area contributed by atoms with Crippen molar-refractivity contribution in [1.29, 1.82) is 5.26 Å². The first-order valence-corrected chi connectivity index (χ1v) is 7.26. The average Bonchev–Trinajstić information content (AvgIpc) is 2.45. The van der Waals surface area contributed by atoms with E-state index < -0.39 is 0 Å². The van der Waals surface area contributed by atoms with Crippen LogP contribution in [-0.4, -0.2) is 31.6 Å². The van der Waals surface area contributed by atoms with Crippen LogP contribution in [0.25, 0.3) is 0 Å². The predicted octanol–water partition coefficient (Wildman–Crippen LogP) is 3.21. The Morgan fingerprint density at radius 1 is 1.40 bits per heavy atom. The minimum Gasteiger partial charge on any atom is -0.496 e. The van der Waals surface area contributed by atoms with Crippen LogP contribution in [0.3, 0.4) is 0 Å². The first-order valence-electron chi connectivity index (χ1n) is 7.26. The summed E-state index contributed by atoms with van der Waals surface area (Å²) < 4.78 is 5.56. The highest BCUT2D eigenvalue weighted by Crippen LogP contribution is 2.47. The molecule has 1 saturated heterocycles. The van der Waals surface area contributed by atoms with E-state index in [9.17, 15) is 5.26 Å². The van der Waals surface area contributed by atoms with E-state index in [-0.39, 0.29) is 5.41 Å². The van der Waals surface area contributed by atoms with Gasteiger partial charge in [0.2, 0.25) is 0 Å². The molecule has 1 aromatic rings. The molecule has 1 aromatic carbocycles. The fraction of sp³-hybridized carbons (Fsp3) is 0.588.